The van der Waals surface area contributed by atoms with E-state index in [-0.39, 0.29) is 10.5 Å². The van der Waals surface area contributed by atoms with Crippen LogP contribution in [-0.4, -0.2) is 42.5 Å². The molecule has 3 aromatic rings. The fraction of sp³-hybridized carbons (Fsp3) is 0.158. The highest BCUT2D eigenvalue weighted by Crippen LogP contribution is 2.26. The molecule has 0 saturated heterocycles. The number of aromatic nitrogens is 2. The van der Waals surface area contributed by atoms with E-state index < -0.39 is 15.9 Å². The zero-order valence-electron chi connectivity index (χ0n) is 15.5. The van der Waals surface area contributed by atoms with Crippen LogP contribution in [0.5, 0.6) is 0 Å². The van der Waals surface area contributed by atoms with Crippen LogP contribution >= 0.6 is 15.9 Å². The Hall–Kier alpha value is -2.49. The van der Waals surface area contributed by atoms with E-state index in [0.29, 0.717) is 10.2 Å². The normalized spacial score (nSPS) is 11.6. The first-order chi connectivity index (χ1) is 13.2. The molecular weight excluding hydrogens is 444 g/mol. The largest absolute Gasteiger partial charge is 0.322 e. The lowest BCUT2D eigenvalue weighted by molar-refractivity contribution is 0.102. The zero-order chi connectivity index (χ0) is 20.5. The van der Waals surface area contributed by atoms with Crippen molar-refractivity contribution in [3.63, 3.8) is 0 Å². The number of carbonyl (C=O) groups excluding carboxylic acids is 1. The summed E-state index contributed by atoms with van der Waals surface area (Å²) in [7, 11) is -0.799. The topological polar surface area (TPSA) is 84.3 Å². The standard InChI is InChI=1S/C19H19BrN4O3S/c1-13-9-10-21-24(13)16-6-4-5-15(12-16)22-19(25)14-7-8-17(20)18(11-14)28(26,27)23(2)3/h4-12H,1-3H3,(H,22,25). The number of nitrogens with zero attached hydrogens (tertiary/aromatic N) is 3. The van der Waals surface area contributed by atoms with Gasteiger partial charge in [0.1, 0.15) is 0 Å². The highest BCUT2D eigenvalue weighted by Gasteiger charge is 2.22. The van der Waals surface area contributed by atoms with Crippen LogP contribution < -0.4 is 5.32 Å². The molecule has 0 bridgehead atoms. The van der Waals surface area contributed by atoms with Crippen molar-refractivity contribution in [1.82, 2.24) is 14.1 Å². The average Bonchev–Trinajstić information content (AvgIpc) is 3.08. The Bertz CT molecular complexity index is 1140. The van der Waals surface area contributed by atoms with Gasteiger partial charge in [0.05, 0.1) is 10.6 Å². The lowest BCUT2D eigenvalue weighted by atomic mass is 10.2. The molecule has 0 saturated carbocycles. The molecule has 9 heteroatoms. The maximum absolute atomic E-state index is 12.7. The van der Waals surface area contributed by atoms with Gasteiger partial charge >= 0.3 is 0 Å². The third-order valence-corrected chi connectivity index (χ3v) is 6.94. The van der Waals surface area contributed by atoms with E-state index in [9.17, 15) is 13.2 Å². The third kappa shape index (κ3) is 4.01. The summed E-state index contributed by atoms with van der Waals surface area (Å²) in [5.41, 5.74) is 2.60. The van der Waals surface area contributed by atoms with Crippen molar-refractivity contribution in [3.05, 3.63) is 70.5 Å². The predicted molar refractivity (Wildman–Crippen MR) is 111 cm³/mol. The van der Waals surface area contributed by atoms with Crippen molar-refractivity contribution in [3.8, 4) is 5.69 Å². The van der Waals surface area contributed by atoms with Gasteiger partial charge < -0.3 is 5.32 Å². The molecule has 0 aliphatic heterocycles. The Balaban J connectivity index is 1.89. The van der Waals surface area contributed by atoms with E-state index in [1.54, 1.807) is 35.1 Å². The van der Waals surface area contributed by atoms with Crippen molar-refractivity contribution >= 4 is 37.5 Å². The van der Waals surface area contributed by atoms with E-state index >= 15 is 0 Å². The molecule has 1 amide bonds. The maximum atomic E-state index is 12.7. The van der Waals surface area contributed by atoms with Crippen LogP contribution in [0.4, 0.5) is 5.69 Å². The van der Waals surface area contributed by atoms with Gasteiger partial charge in [-0.1, -0.05) is 6.07 Å². The second kappa shape index (κ2) is 7.86. The van der Waals surface area contributed by atoms with E-state index in [2.05, 4.69) is 26.3 Å². The van der Waals surface area contributed by atoms with E-state index in [4.69, 9.17) is 0 Å². The molecule has 28 heavy (non-hydrogen) atoms. The molecule has 2 aromatic carbocycles. The van der Waals surface area contributed by atoms with E-state index in [0.717, 1.165) is 15.7 Å². The zero-order valence-corrected chi connectivity index (χ0v) is 18.0. The minimum Gasteiger partial charge on any atom is -0.322 e. The Morgan fingerprint density at radius 1 is 1.14 bits per heavy atom. The number of anilines is 1. The second-order valence-electron chi connectivity index (χ2n) is 6.32. The van der Waals surface area contributed by atoms with Gasteiger partial charge in [0, 0.05) is 41.7 Å². The molecule has 0 spiro atoms. The quantitative estimate of drug-likeness (QED) is 0.629. The number of sulfonamides is 1. The molecule has 0 unspecified atom stereocenters. The number of rotatable bonds is 5. The number of halogens is 1. The first-order valence-electron chi connectivity index (χ1n) is 8.34. The first kappa shape index (κ1) is 20.2. The second-order valence-corrected chi connectivity index (χ2v) is 9.30. The minimum atomic E-state index is -3.68. The molecule has 146 valence electrons. The summed E-state index contributed by atoms with van der Waals surface area (Å²) in [5, 5.41) is 7.06. The molecule has 1 heterocycles. The van der Waals surface area contributed by atoms with Crippen LogP contribution in [0, 0.1) is 6.92 Å². The van der Waals surface area contributed by atoms with Crippen molar-refractivity contribution < 1.29 is 13.2 Å². The van der Waals surface area contributed by atoms with Gasteiger partial charge in [-0.15, -0.1) is 0 Å². The number of aryl methyl sites for hydroxylation is 1. The molecule has 3 rings (SSSR count). The van der Waals surface area contributed by atoms with Crippen molar-refractivity contribution in [2.24, 2.45) is 0 Å². The SMILES string of the molecule is Cc1ccnn1-c1cccc(NC(=O)c2ccc(Br)c(S(=O)(=O)N(C)C)c2)c1. The van der Waals surface area contributed by atoms with Gasteiger partial charge in [-0.2, -0.15) is 5.10 Å². The summed E-state index contributed by atoms with van der Waals surface area (Å²) in [5.74, 6) is -0.406. The Kier molecular flexibility index (Phi) is 5.69. The lowest BCUT2D eigenvalue weighted by Crippen LogP contribution is -2.23. The molecule has 7 nitrogen and oxygen atoms in total. The number of amides is 1. The minimum absolute atomic E-state index is 0.0334. The number of carbonyl (C=O) groups is 1. The smallest absolute Gasteiger partial charge is 0.255 e. The summed E-state index contributed by atoms with van der Waals surface area (Å²) < 4.78 is 28.2. The molecular formula is C19H19BrN4O3S. The molecule has 0 radical (unpaired) electrons. The van der Waals surface area contributed by atoms with Crippen LogP contribution in [0.1, 0.15) is 16.1 Å². The van der Waals surface area contributed by atoms with Gasteiger partial charge in [-0.05, 0) is 65.3 Å². The van der Waals surface area contributed by atoms with Gasteiger partial charge in [0.25, 0.3) is 5.91 Å². The summed E-state index contributed by atoms with van der Waals surface area (Å²) in [6.45, 7) is 1.94. The molecule has 0 aliphatic rings. The molecule has 1 N–H and O–H groups in total. The van der Waals surface area contributed by atoms with Gasteiger partial charge in [-0.3, -0.25) is 4.79 Å². The summed E-state index contributed by atoms with van der Waals surface area (Å²) in [4.78, 5) is 12.7. The fourth-order valence-electron chi connectivity index (χ4n) is 2.60. The van der Waals surface area contributed by atoms with Crippen LogP contribution in [0.25, 0.3) is 5.69 Å². The van der Waals surface area contributed by atoms with Gasteiger partial charge in [-0.25, -0.2) is 17.4 Å². The lowest BCUT2D eigenvalue weighted by Gasteiger charge is -2.14. The van der Waals surface area contributed by atoms with Crippen LogP contribution in [0.15, 0.2) is 64.1 Å². The van der Waals surface area contributed by atoms with Crippen LogP contribution in [0.2, 0.25) is 0 Å². The fourth-order valence-corrected chi connectivity index (χ4v) is 4.44. The summed E-state index contributed by atoms with van der Waals surface area (Å²) in [6.07, 6.45) is 1.70. The van der Waals surface area contributed by atoms with E-state index in [1.807, 2.05) is 25.1 Å². The average molecular weight is 463 g/mol. The third-order valence-electron chi connectivity index (χ3n) is 4.13. The summed E-state index contributed by atoms with van der Waals surface area (Å²) >= 11 is 3.24. The first-order valence-corrected chi connectivity index (χ1v) is 10.6. The van der Waals surface area contributed by atoms with Gasteiger partial charge in [0.2, 0.25) is 10.0 Å². The van der Waals surface area contributed by atoms with Crippen molar-refractivity contribution in [2.75, 3.05) is 19.4 Å². The van der Waals surface area contributed by atoms with Crippen LogP contribution in [-0.2, 0) is 10.0 Å². The number of benzene rings is 2. The van der Waals surface area contributed by atoms with Gasteiger partial charge in [0.15, 0.2) is 0 Å². The molecule has 1 aromatic heterocycles. The highest BCUT2D eigenvalue weighted by molar-refractivity contribution is 9.10. The Morgan fingerprint density at radius 2 is 1.89 bits per heavy atom. The maximum Gasteiger partial charge on any atom is 0.255 e. The predicted octanol–water partition coefficient (Wildman–Crippen LogP) is 3.45. The van der Waals surface area contributed by atoms with Crippen molar-refractivity contribution in [2.45, 2.75) is 11.8 Å². The van der Waals surface area contributed by atoms with Crippen LogP contribution in [0.3, 0.4) is 0 Å². The molecule has 0 fully saturated rings. The number of nitrogens with one attached hydrogen (secondary N) is 1. The van der Waals surface area contributed by atoms with E-state index in [1.165, 1.54) is 20.2 Å². The molecule has 0 aliphatic carbocycles. The Labute approximate surface area is 172 Å². The number of hydrogen-bond acceptors (Lipinski definition) is 4. The monoisotopic (exact) mass is 462 g/mol. The number of hydrogen-bond donors (Lipinski definition) is 1. The Morgan fingerprint density at radius 3 is 2.54 bits per heavy atom. The highest BCUT2D eigenvalue weighted by atomic mass is 79.9. The summed E-state index contributed by atoms with van der Waals surface area (Å²) in [6, 6.07) is 13.6. The molecule has 0 atom stereocenters. The van der Waals surface area contributed by atoms with Crippen molar-refractivity contribution in [1.29, 1.82) is 0 Å².